The Hall–Kier alpha value is -3.95. The first kappa shape index (κ1) is 25.2. The third-order valence-electron chi connectivity index (χ3n) is 6.36. The predicted molar refractivity (Wildman–Crippen MR) is 135 cm³/mol. The Balaban J connectivity index is 1.54. The molecule has 1 aliphatic rings. The molecule has 0 bridgehead atoms. The van der Waals surface area contributed by atoms with Crippen LogP contribution in [0.5, 0.6) is 0 Å². The Morgan fingerprint density at radius 3 is 2.64 bits per heavy atom. The third kappa shape index (κ3) is 6.38. The number of carbonyl (C=O) groups excluding carboxylic acids is 1. The van der Waals surface area contributed by atoms with Gasteiger partial charge in [0.2, 0.25) is 11.6 Å². The van der Waals surface area contributed by atoms with E-state index in [9.17, 15) is 14.9 Å². The maximum absolute atomic E-state index is 12.3. The highest BCUT2D eigenvalue weighted by Gasteiger charge is 2.32. The van der Waals surface area contributed by atoms with E-state index < -0.39 is 4.92 Å². The van der Waals surface area contributed by atoms with E-state index in [1.807, 2.05) is 23.1 Å². The van der Waals surface area contributed by atoms with Crippen molar-refractivity contribution >= 4 is 23.3 Å². The van der Waals surface area contributed by atoms with Gasteiger partial charge in [-0.15, -0.1) is 0 Å². The van der Waals surface area contributed by atoms with Crippen LogP contribution in [0.15, 0.2) is 59.5 Å². The number of rotatable bonds is 11. The van der Waals surface area contributed by atoms with Crippen molar-refractivity contribution in [1.29, 1.82) is 0 Å². The minimum atomic E-state index is -0.430. The lowest BCUT2D eigenvalue weighted by Gasteiger charge is -2.33. The van der Waals surface area contributed by atoms with Crippen LogP contribution in [0.25, 0.3) is 0 Å². The molecule has 0 unspecified atom stereocenters. The molecule has 0 radical (unpaired) electrons. The van der Waals surface area contributed by atoms with Gasteiger partial charge in [-0.25, -0.2) is 9.97 Å². The van der Waals surface area contributed by atoms with Gasteiger partial charge in [0.05, 0.1) is 30.8 Å². The number of piperidine rings is 1. The van der Waals surface area contributed by atoms with Gasteiger partial charge in [-0.1, -0.05) is 30.3 Å². The molecule has 4 rings (SSSR count). The van der Waals surface area contributed by atoms with E-state index in [-0.39, 0.29) is 43.6 Å². The molecule has 1 fully saturated rings. The van der Waals surface area contributed by atoms with Crippen LogP contribution in [0.1, 0.15) is 37.5 Å². The molecule has 0 aliphatic carbocycles. The van der Waals surface area contributed by atoms with Gasteiger partial charge in [0.1, 0.15) is 12.1 Å². The molecular formula is C26H31N5O5. The summed E-state index contributed by atoms with van der Waals surface area (Å²) in [5.41, 5.74) is 1.15. The summed E-state index contributed by atoms with van der Waals surface area (Å²) in [6, 6.07) is 13.9. The van der Waals surface area contributed by atoms with Crippen LogP contribution in [0.4, 0.5) is 17.3 Å². The van der Waals surface area contributed by atoms with Crippen molar-refractivity contribution in [3.8, 4) is 0 Å². The number of aromatic nitrogens is 2. The maximum Gasteiger partial charge on any atom is 0.353 e. The van der Waals surface area contributed by atoms with Crippen molar-refractivity contribution in [1.82, 2.24) is 9.97 Å². The average Bonchev–Trinajstić information content (AvgIpc) is 3.40. The number of hydrogen-bond donors (Lipinski definition) is 0. The summed E-state index contributed by atoms with van der Waals surface area (Å²) >= 11 is 0. The van der Waals surface area contributed by atoms with E-state index in [1.165, 1.54) is 18.2 Å². The molecular weight excluding hydrogens is 462 g/mol. The average molecular weight is 494 g/mol. The molecule has 1 aliphatic heterocycles. The van der Waals surface area contributed by atoms with Gasteiger partial charge < -0.3 is 19.0 Å². The first-order chi connectivity index (χ1) is 17.5. The summed E-state index contributed by atoms with van der Waals surface area (Å²) in [5.74, 6) is 1.22. The SMILES string of the molecule is CCOC(=O)CCN(Cc1ccco1)c1ncnc(N2CCC(Cc3ccccc3)CC2)c1[N+](=O)[O-]. The van der Waals surface area contributed by atoms with Crippen LogP contribution in [-0.4, -0.2) is 47.1 Å². The molecule has 10 heteroatoms. The zero-order valence-corrected chi connectivity index (χ0v) is 20.4. The Bertz CT molecular complexity index is 1130. The van der Waals surface area contributed by atoms with Gasteiger partial charge in [-0.2, -0.15) is 0 Å². The van der Waals surface area contributed by atoms with Crippen LogP contribution >= 0.6 is 0 Å². The molecule has 0 saturated carbocycles. The summed E-state index contributed by atoms with van der Waals surface area (Å²) in [6.45, 7) is 3.78. The lowest BCUT2D eigenvalue weighted by atomic mass is 9.90. The fourth-order valence-corrected chi connectivity index (χ4v) is 4.59. The van der Waals surface area contributed by atoms with E-state index >= 15 is 0 Å². The highest BCUT2D eigenvalue weighted by molar-refractivity contribution is 5.73. The van der Waals surface area contributed by atoms with Crippen LogP contribution < -0.4 is 9.80 Å². The number of nitrogens with zero attached hydrogens (tertiary/aromatic N) is 5. The maximum atomic E-state index is 12.3. The second kappa shape index (κ2) is 12.1. The topological polar surface area (TPSA) is 115 Å². The van der Waals surface area contributed by atoms with Crippen molar-refractivity contribution in [2.45, 2.75) is 39.2 Å². The smallest absolute Gasteiger partial charge is 0.353 e. The molecule has 0 spiro atoms. The van der Waals surface area contributed by atoms with Gasteiger partial charge in [-0.3, -0.25) is 14.9 Å². The van der Waals surface area contributed by atoms with E-state index in [2.05, 4.69) is 22.1 Å². The summed E-state index contributed by atoms with van der Waals surface area (Å²) < 4.78 is 10.5. The van der Waals surface area contributed by atoms with E-state index in [1.54, 1.807) is 24.0 Å². The van der Waals surface area contributed by atoms with Crippen molar-refractivity contribution in [3.05, 3.63) is 76.5 Å². The largest absolute Gasteiger partial charge is 0.467 e. The lowest BCUT2D eigenvalue weighted by molar-refractivity contribution is -0.383. The molecule has 36 heavy (non-hydrogen) atoms. The second-order valence-corrected chi connectivity index (χ2v) is 8.80. The molecule has 0 atom stereocenters. The van der Waals surface area contributed by atoms with Crippen LogP contribution in [-0.2, 0) is 22.5 Å². The predicted octanol–water partition coefficient (Wildman–Crippen LogP) is 4.40. The zero-order chi connectivity index (χ0) is 25.3. The van der Waals surface area contributed by atoms with Gasteiger partial charge in [0.15, 0.2) is 0 Å². The fraction of sp³-hybridized carbons (Fsp3) is 0.423. The van der Waals surface area contributed by atoms with Gasteiger partial charge >= 0.3 is 11.7 Å². The molecule has 1 saturated heterocycles. The van der Waals surface area contributed by atoms with Gasteiger partial charge in [-0.05, 0) is 49.8 Å². The Labute approximate surface area is 210 Å². The number of carbonyl (C=O) groups is 1. The quantitative estimate of drug-likeness (QED) is 0.218. The summed E-state index contributed by atoms with van der Waals surface area (Å²) in [7, 11) is 0. The number of hydrogen-bond acceptors (Lipinski definition) is 9. The highest BCUT2D eigenvalue weighted by atomic mass is 16.6. The number of benzene rings is 1. The molecule has 1 aromatic carbocycles. The molecule has 2 aromatic heterocycles. The first-order valence-corrected chi connectivity index (χ1v) is 12.3. The second-order valence-electron chi connectivity index (χ2n) is 8.80. The van der Waals surface area contributed by atoms with Crippen molar-refractivity contribution in [2.24, 2.45) is 5.92 Å². The molecule has 0 amide bonds. The van der Waals surface area contributed by atoms with E-state index in [0.29, 0.717) is 30.6 Å². The number of esters is 1. The minimum Gasteiger partial charge on any atom is -0.467 e. The van der Waals surface area contributed by atoms with E-state index in [4.69, 9.17) is 9.15 Å². The summed E-state index contributed by atoms with van der Waals surface area (Å²) in [5, 5.41) is 12.3. The van der Waals surface area contributed by atoms with Crippen LogP contribution in [0.2, 0.25) is 0 Å². The van der Waals surface area contributed by atoms with Crippen LogP contribution in [0.3, 0.4) is 0 Å². The lowest BCUT2D eigenvalue weighted by Crippen LogP contribution is -2.36. The number of ether oxygens (including phenoxy) is 1. The van der Waals surface area contributed by atoms with Gasteiger partial charge in [0, 0.05) is 19.6 Å². The summed E-state index contributed by atoms with van der Waals surface area (Å²) in [6.07, 6.45) is 5.80. The minimum absolute atomic E-state index is 0.0654. The molecule has 3 heterocycles. The zero-order valence-electron chi connectivity index (χ0n) is 20.4. The van der Waals surface area contributed by atoms with Crippen LogP contribution in [0, 0.1) is 16.0 Å². The fourth-order valence-electron chi connectivity index (χ4n) is 4.59. The molecule has 0 N–H and O–H groups in total. The normalized spacial score (nSPS) is 14.0. The Morgan fingerprint density at radius 2 is 1.97 bits per heavy atom. The van der Waals surface area contributed by atoms with Crippen molar-refractivity contribution < 1.29 is 18.9 Å². The van der Waals surface area contributed by atoms with Gasteiger partial charge in [0.25, 0.3) is 0 Å². The van der Waals surface area contributed by atoms with Crippen molar-refractivity contribution in [2.75, 3.05) is 36.0 Å². The summed E-state index contributed by atoms with van der Waals surface area (Å²) in [4.78, 5) is 36.2. The highest BCUT2D eigenvalue weighted by Crippen LogP contribution is 2.37. The Morgan fingerprint density at radius 1 is 1.19 bits per heavy atom. The number of nitro groups is 1. The monoisotopic (exact) mass is 493 g/mol. The first-order valence-electron chi connectivity index (χ1n) is 12.3. The van der Waals surface area contributed by atoms with E-state index in [0.717, 1.165) is 19.3 Å². The van der Waals surface area contributed by atoms with Crippen molar-refractivity contribution in [3.63, 3.8) is 0 Å². The molecule has 3 aromatic rings. The Kier molecular flexibility index (Phi) is 8.48. The molecule has 10 nitrogen and oxygen atoms in total. The standard InChI is InChI=1S/C26H31N5O5/c1-2-35-23(32)12-15-30(18-22-9-6-16-36-22)26-24(31(33)34)25(27-19-28-26)29-13-10-21(11-14-29)17-20-7-4-3-5-8-20/h3-9,16,19,21H,2,10-15,17-18H2,1H3. The number of anilines is 2. The number of furan rings is 1. The third-order valence-corrected chi connectivity index (χ3v) is 6.36. The molecule has 190 valence electrons.